The summed E-state index contributed by atoms with van der Waals surface area (Å²) in [6, 6.07) is 4.70. The fraction of sp³-hybridized carbons (Fsp3) is 0.0833. The molecule has 0 unspecified atom stereocenters. The first-order valence-corrected chi connectivity index (χ1v) is 6.55. The number of hydrogen-bond acceptors (Lipinski definition) is 4. The molecule has 104 valence electrons. The van der Waals surface area contributed by atoms with Crippen LogP contribution in [0.3, 0.4) is 0 Å². The topological polar surface area (TPSA) is 99.5 Å². The molecule has 0 fully saturated rings. The third-order valence-corrected chi connectivity index (χ3v) is 3.35. The Bertz CT molecular complexity index is 720. The molecule has 1 aromatic carbocycles. The number of aromatic hydroxyl groups is 1. The summed E-state index contributed by atoms with van der Waals surface area (Å²) in [6.07, 6.45) is 0. The number of benzene rings is 1. The highest BCUT2D eigenvalue weighted by Gasteiger charge is 2.18. The average Bonchev–Trinajstić information content (AvgIpc) is 2.40. The zero-order chi connectivity index (χ0) is 14.9. The van der Waals surface area contributed by atoms with Crippen molar-refractivity contribution in [1.82, 2.24) is 10.3 Å². The van der Waals surface area contributed by atoms with E-state index in [1.54, 1.807) is 18.2 Å². The summed E-state index contributed by atoms with van der Waals surface area (Å²) in [5.41, 5.74) is -0.257. The molecule has 0 spiro atoms. The Morgan fingerprint density at radius 2 is 2.05 bits per heavy atom. The number of carbonyl (C=O) groups is 2. The fourth-order valence-electron chi connectivity index (χ4n) is 1.63. The van der Waals surface area contributed by atoms with Gasteiger partial charge in [0, 0.05) is 15.8 Å². The zero-order valence-electron chi connectivity index (χ0n) is 9.85. The Morgan fingerprint density at radius 1 is 1.35 bits per heavy atom. The van der Waals surface area contributed by atoms with E-state index in [1.165, 1.54) is 0 Å². The second kappa shape index (κ2) is 5.64. The monoisotopic (exact) mass is 358 g/mol. The molecule has 0 saturated carbocycles. The van der Waals surface area contributed by atoms with E-state index < -0.39 is 18.4 Å². The summed E-state index contributed by atoms with van der Waals surface area (Å²) in [5, 5.41) is 22.1. The number of carboxylic acid groups (broad SMARTS) is 1. The molecule has 2 rings (SSSR count). The molecule has 0 aliphatic heterocycles. The van der Waals surface area contributed by atoms with Crippen molar-refractivity contribution in [2.24, 2.45) is 0 Å². The number of nitrogens with one attached hydrogen (secondary N) is 1. The molecule has 0 bridgehead atoms. The van der Waals surface area contributed by atoms with Crippen molar-refractivity contribution in [3.05, 3.63) is 33.5 Å². The maximum absolute atomic E-state index is 11.8. The number of fused-ring (bicyclic) bond motifs is 1. The summed E-state index contributed by atoms with van der Waals surface area (Å²) in [4.78, 5) is 26.1. The van der Waals surface area contributed by atoms with E-state index in [2.05, 4.69) is 26.2 Å². The summed E-state index contributed by atoms with van der Waals surface area (Å²) in [5.74, 6) is -2.30. The molecule has 0 aliphatic carbocycles. The number of aliphatic carboxylic acids is 1. The Balaban J connectivity index is 2.50. The van der Waals surface area contributed by atoms with Gasteiger partial charge < -0.3 is 15.5 Å². The van der Waals surface area contributed by atoms with E-state index in [0.29, 0.717) is 20.4 Å². The van der Waals surface area contributed by atoms with Crippen molar-refractivity contribution in [1.29, 1.82) is 0 Å². The molecular formula is C12H8BrClN2O4. The van der Waals surface area contributed by atoms with Crippen LogP contribution in [0.25, 0.3) is 10.8 Å². The van der Waals surface area contributed by atoms with Gasteiger partial charge in [-0.05, 0) is 34.1 Å². The number of halogens is 2. The molecular weight excluding hydrogens is 351 g/mol. The molecule has 1 aromatic heterocycles. The van der Waals surface area contributed by atoms with Gasteiger partial charge in [0.25, 0.3) is 5.91 Å². The van der Waals surface area contributed by atoms with Gasteiger partial charge in [-0.3, -0.25) is 9.59 Å². The van der Waals surface area contributed by atoms with E-state index >= 15 is 0 Å². The SMILES string of the molecule is O=C(O)CNC(=O)c1nc(Br)c2cc(Cl)ccc2c1O. The van der Waals surface area contributed by atoms with Crippen LogP contribution < -0.4 is 5.32 Å². The molecule has 1 amide bonds. The number of hydrogen-bond donors (Lipinski definition) is 3. The number of aromatic nitrogens is 1. The number of pyridine rings is 1. The first-order valence-electron chi connectivity index (χ1n) is 5.38. The van der Waals surface area contributed by atoms with Gasteiger partial charge in [-0.2, -0.15) is 0 Å². The van der Waals surface area contributed by atoms with E-state index in [9.17, 15) is 14.7 Å². The summed E-state index contributed by atoms with van der Waals surface area (Å²) >= 11 is 9.04. The maximum Gasteiger partial charge on any atom is 0.322 e. The number of rotatable bonds is 3. The molecule has 0 radical (unpaired) electrons. The molecule has 2 aromatic rings. The van der Waals surface area contributed by atoms with Gasteiger partial charge in [0.2, 0.25) is 0 Å². The molecule has 3 N–H and O–H groups in total. The molecule has 1 heterocycles. The number of carboxylic acids is 1. The van der Waals surface area contributed by atoms with Crippen LogP contribution in [-0.2, 0) is 4.79 Å². The molecule has 20 heavy (non-hydrogen) atoms. The van der Waals surface area contributed by atoms with Gasteiger partial charge in [-0.25, -0.2) is 4.98 Å². The third-order valence-electron chi connectivity index (χ3n) is 2.51. The molecule has 6 nitrogen and oxygen atoms in total. The minimum atomic E-state index is -1.19. The number of carbonyl (C=O) groups excluding carboxylic acids is 1. The average molecular weight is 360 g/mol. The first-order chi connectivity index (χ1) is 9.40. The van der Waals surface area contributed by atoms with Crippen molar-refractivity contribution in [2.45, 2.75) is 0 Å². The third kappa shape index (κ3) is 2.83. The van der Waals surface area contributed by atoms with E-state index in [1.807, 2.05) is 0 Å². The van der Waals surface area contributed by atoms with Crippen LogP contribution in [-0.4, -0.2) is 33.6 Å². The van der Waals surface area contributed by atoms with Crippen molar-refractivity contribution in [3.63, 3.8) is 0 Å². The first kappa shape index (κ1) is 14.5. The van der Waals surface area contributed by atoms with Gasteiger partial charge in [0.05, 0.1) is 0 Å². The Kier molecular flexibility index (Phi) is 4.10. The van der Waals surface area contributed by atoms with Crippen LogP contribution in [0, 0.1) is 0 Å². The van der Waals surface area contributed by atoms with Gasteiger partial charge in [-0.15, -0.1) is 0 Å². The smallest absolute Gasteiger partial charge is 0.322 e. The predicted molar refractivity (Wildman–Crippen MR) is 76.1 cm³/mol. The van der Waals surface area contributed by atoms with Crippen LogP contribution in [0.1, 0.15) is 10.5 Å². The highest BCUT2D eigenvalue weighted by Crippen LogP contribution is 2.33. The van der Waals surface area contributed by atoms with Gasteiger partial charge in [-0.1, -0.05) is 11.6 Å². The highest BCUT2D eigenvalue weighted by molar-refractivity contribution is 9.10. The van der Waals surface area contributed by atoms with Crippen molar-refractivity contribution in [3.8, 4) is 5.75 Å². The molecule has 0 aliphatic rings. The van der Waals surface area contributed by atoms with Crippen LogP contribution >= 0.6 is 27.5 Å². The number of amides is 1. The quantitative estimate of drug-likeness (QED) is 0.729. The number of nitrogens with zero attached hydrogens (tertiary/aromatic N) is 1. The summed E-state index contributed by atoms with van der Waals surface area (Å²) < 4.78 is 0.327. The second-order valence-corrected chi connectivity index (χ2v) is 5.05. The summed E-state index contributed by atoms with van der Waals surface area (Å²) in [6.45, 7) is -0.559. The summed E-state index contributed by atoms with van der Waals surface area (Å²) in [7, 11) is 0. The van der Waals surface area contributed by atoms with Crippen LogP contribution in [0.15, 0.2) is 22.8 Å². The lowest BCUT2D eigenvalue weighted by Gasteiger charge is -2.09. The van der Waals surface area contributed by atoms with E-state index in [-0.39, 0.29) is 11.4 Å². The Morgan fingerprint density at radius 3 is 2.70 bits per heavy atom. The van der Waals surface area contributed by atoms with Crippen molar-refractivity contribution in [2.75, 3.05) is 6.54 Å². The predicted octanol–water partition coefficient (Wildman–Crippen LogP) is 2.17. The molecule has 0 saturated heterocycles. The van der Waals surface area contributed by atoms with Crippen molar-refractivity contribution >= 4 is 50.2 Å². The molecule has 8 heteroatoms. The lowest BCUT2D eigenvalue weighted by molar-refractivity contribution is -0.135. The normalized spacial score (nSPS) is 10.5. The Labute approximate surface area is 126 Å². The van der Waals surface area contributed by atoms with Crippen LogP contribution in [0.5, 0.6) is 5.75 Å². The standard InChI is InChI=1S/C12H8BrClN2O4/c13-11-7-3-5(14)1-2-6(7)10(19)9(16-11)12(20)15-4-8(17)18/h1-3,19H,4H2,(H,15,20)(H,17,18). The van der Waals surface area contributed by atoms with E-state index in [4.69, 9.17) is 16.7 Å². The van der Waals surface area contributed by atoms with Crippen LogP contribution in [0.2, 0.25) is 5.02 Å². The minimum Gasteiger partial charge on any atom is -0.505 e. The van der Waals surface area contributed by atoms with Crippen molar-refractivity contribution < 1.29 is 19.8 Å². The van der Waals surface area contributed by atoms with E-state index in [0.717, 1.165) is 0 Å². The van der Waals surface area contributed by atoms with Crippen LogP contribution in [0.4, 0.5) is 0 Å². The minimum absolute atomic E-state index is 0.257. The Hall–Kier alpha value is -1.86. The lowest BCUT2D eigenvalue weighted by atomic mass is 10.1. The maximum atomic E-state index is 11.8. The largest absolute Gasteiger partial charge is 0.505 e. The highest BCUT2D eigenvalue weighted by atomic mass is 79.9. The fourth-order valence-corrected chi connectivity index (χ4v) is 2.31. The second-order valence-electron chi connectivity index (χ2n) is 3.87. The molecule has 0 atom stereocenters. The zero-order valence-corrected chi connectivity index (χ0v) is 12.2. The van der Waals surface area contributed by atoms with Gasteiger partial charge in [0.15, 0.2) is 11.4 Å². The van der Waals surface area contributed by atoms with Gasteiger partial charge >= 0.3 is 5.97 Å². The lowest BCUT2D eigenvalue weighted by Crippen LogP contribution is -2.30. The van der Waals surface area contributed by atoms with Gasteiger partial charge in [0.1, 0.15) is 11.1 Å².